The highest BCUT2D eigenvalue weighted by Gasteiger charge is 2.11. The molecule has 20 heavy (non-hydrogen) atoms. The Morgan fingerprint density at radius 2 is 1.70 bits per heavy atom. The topological polar surface area (TPSA) is 55.2 Å². The fourth-order valence-corrected chi connectivity index (χ4v) is 2.18. The number of benzene rings is 2. The molecule has 0 saturated carbocycles. The molecule has 0 amide bonds. The van der Waals surface area contributed by atoms with Gasteiger partial charge in [-0.1, -0.05) is 42.5 Å². The summed E-state index contributed by atoms with van der Waals surface area (Å²) in [4.78, 5) is 10.6. The summed E-state index contributed by atoms with van der Waals surface area (Å²) in [5.41, 5.74) is 3.49. The summed E-state index contributed by atoms with van der Waals surface area (Å²) in [5.74, 6) is 0. The van der Waals surface area contributed by atoms with Crippen LogP contribution in [0.2, 0.25) is 0 Å². The van der Waals surface area contributed by atoms with Crippen LogP contribution in [0.5, 0.6) is 0 Å². The van der Waals surface area contributed by atoms with Gasteiger partial charge in [0.1, 0.15) is 0 Å². The van der Waals surface area contributed by atoms with Crippen molar-refractivity contribution in [1.82, 2.24) is 5.32 Å². The Morgan fingerprint density at radius 1 is 1.05 bits per heavy atom. The van der Waals surface area contributed by atoms with E-state index in [9.17, 15) is 10.1 Å². The van der Waals surface area contributed by atoms with Crippen LogP contribution in [-0.4, -0.2) is 11.5 Å². The molecular formula is C16H18N2O2. The van der Waals surface area contributed by atoms with Gasteiger partial charge in [0.15, 0.2) is 0 Å². The van der Waals surface area contributed by atoms with Crippen molar-refractivity contribution in [2.45, 2.75) is 19.9 Å². The van der Waals surface area contributed by atoms with Gasteiger partial charge >= 0.3 is 0 Å². The second kappa shape index (κ2) is 6.82. The lowest BCUT2D eigenvalue weighted by Crippen LogP contribution is -2.17. The van der Waals surface area contributed by atoms with Crippen molar-refractivity contribution < 1.29 is 4.92 Å². The molecule has 2 aromatic rings. The molecule has 0 saturated heterocycles. The molecule has 0 unspecified atom stereocenters. The highest BCUT2D eigenvalue weighted by atomic mass is 16.6. The molecule has 0 aliphatic carbocycles. The first-order valence-corrected chi connectivity index (χ1v) is 6.66. The van der Waals surface area contributed by atoms with Gasteiger partial charge in [-0.25, -0.2) is 0 Å². The Morgan fingerprint density at radius 3 is 2.40 bits per heavy atom. The first kappa shape index (κ1) is 14.2. The summed E-state index contributed by atoms with van der Waals surface area (Å²) in [5, 5.41) is 14.2. The lowest BCUT2D eigenvalue weighted by Gasteiger charge is -2.07. The summed E-state index contributed by atoms with van der Waals surface area (Å²) in [6.07, 6.45) is 0.924. The molecule has 0 fully saturated rings. The van der Waals surface area contributed by atoms with Gasteiger partial charge in [-0.15, -0.1) is 0 Å². The van der Waals surface area contributed by atoms with Gasteiger partial charge < -0.3 is 5.32 Å². The van der Waals surface area contributed by atoms with E-state index in [0.717, 1.165) is 18.5 Å². The third-order valence-electron chi connectivity index (χ3n) is 3.34. The van der Waals surface area contributed by atoms with Crippen LogP contribution in [0.25, 0.3) is 0 Å². The Kier molecular flexibility index (Phi) is 4.85. The van der Waals surface area contributed by atoms with Gasteiger partial charge in [-0.2, -0.15) is 0 Å². The molecule has 4 nitrogen and oxygen atoms in total. The molecule has 0 spiro atoms. The number of nitrogens with one attached hydrogen (secondary N) is 1. The minimum atomic E-state index is -0.335. The second-order valence-corrected chi connectivity index (χ2v) is 4.74. The molecular weight excluding hydrogens is 252 g/mol. The van der Waals surface area contributed by atoms with Crippen LogP contribution in [-0.2, 0) is 13.0 Å². The van der Waals surface area contributed by atoms with Gasteiger partial charge in [0, 0.05) is 18.2 Å². The smallest absolute Gasteiger partial charge is 0.273 e. The number of rotatable bonds is 6. The van der Waals surface area contributed by atoms with Crippen molar-refractivity contribution in [2.24, 2.45) is 0 Å². The van der Waals surface area contributed by atoms with Gasteiger partial charge in [-0.05, 0) is 31.0 Å². The van der Waals surface area contributed by atoms with E-state index in [1.54, 1.807) is 18.2 Å². The summed E-state index contributed by atoms with van der Waals surface area (Å²) < 4.78 is 0. The van der Waals surface area contributed by atoms with E-state index in [1.807, 2.05) is 18.2 Å². The Bertz CT molecular complexity index is 597. The molecule has 2 aromatic carbocycles. The van der Waals surface area contributed by atoms with Crippen molar-refractivity contribution in [3.8, 4) is 0 Å². The molecule has 0 radical (unpaired) electrons. The highest BCUT2D eigenvalue weighted by molar-refractivity contribution is 5.39. The van der Waals surface area contributed by atoms with Crippen molar-refractivity contribution in [3.05, 3.63) is 75.3 Å². The fraction of sp³-hybridized carbons (Fsp3) is 0.250. The van der Waals surface area contributed by atoms with Crippen molar-refractivity contribution in [2.75, 3.05) is 6.54 Å². The maximum Gasteiger partial charge on any atom is 0.273 e. The average molecular weight is 270 g/mol. The third kappa shape index (κ3) is 3.65. The van der Waals surface area contributed by atoms with E-state index in [0.29, 0.717) is 6.54 Å². The van der Waals surface area contributed by atoms with E-state index in [1.165, 1.54) is 11.1 Å². The van der Waals surface area contributed by atoms with Crippen molar-refractivity contribution in [3.63, 3.8) is 0 Å². The molecule has 104 valence electrons. The molecule has 1 N–H and O–H groups in total. The van der Waals surface area contributed by atoms with E-state index in [2.05, 4.69) is 24.4 Å². The predicted octanol–water partition coefficient (Wildman–Crippen LogP) is 3.24. The molecule has 4 heteroatoms. The first-order chi connectivity index (χ1) is 9.68. The highest BCUT2D eigenvalue weighted by Crippen LogP contribution is 2.17. The molecule has 0 bridgehead atoms. The summed E-state index contributed by atoms with van der Waals surface area (Å²) in [7, 11) is 0. The van der Waals surface area contributed by atoms with Crippen LogP contribution < -0.4 is 5.32 Å². The number of hydrogen-bond acceptors (Lipinski definition) is 3. The predicted molar refractivity (Wildman–Crippen MR) is 79.7 cm³/mol. The quantitative estimate of drug-likeness (QED) is 0.498. The standard InChI is InChI=1S/C16H18N2O2/c1-13-6-2-3-7-14(13)10-11-17-12-15-8-4-5-9-16(15)18(19)20/h2-9,17H,10-12H2,1H3. The monoisotopic (exact) mass is 270 g/mol. The zero-order valence-electron chi connectivity index (χ0n) is 11.5. The normalized spacial score (nSPS) is 10.4. The molecule has 0 atom stereocenters. The zero-order valence-corrected chi connectivity index (χ0v) is 11.5. The van der Waals surface area contributed by atoms with Gasteiger partial charge in [-0.3, -0.25) is 10.1 Å². The van der Waals surface area contributed by atoms with E-state index in [-0.39, 0.29) is 10.6 Å². The van der Waals surface area contributed by atoms with Crippen LogP contribution in [0.1, 0.15) is 16.7 Å². The molecule has 0 aliphatic rings. The lowest BCUT2D eigenvalue weighted by molar-refractivity contribution is -0.385. The van der Waals surface area contributed by atoms with Crippen LogP contribution >= 0.6 is 0 Å². The van der Waals surface area contributed by atoms with Crippen LogP contribution in [0.15, 0.2) is 48.5 Å². The largest absolute Gasteiger partial charge is 0.312 e. The number of hydrogen-bond donors (Lipinski definition) is 1. The Labute approximate surface area is 118 Å². The molecule has 2 rings (SSSR count). The average Bonchev–Trinajstić information content (AvgIpc) is 2.45. The number of nitro benzene ring substituents is 1. The number of aryl methyl sites for hydroxylation is 1. The molecule has 0 heterocycles. The molecule has 0 aliphatic heterocycles. The number of para-hydroxylation sites is 1. The van der Waals surface area contributed by atoms with Crippen LogP contribution in [0, 0.1) is 17.0 Å². The van der Waals surface area contributed by atoms with Crippen molar-refractivity contribution in [1.29, 1.82) is 0 Å². The fourth-order valence-electron chi connectivity index (χ4n) is 2.18. The van der Waals surface area contributed by atoms with Gasteiger partial charge in [0.25, 0.3) is 5.69 Å². The first-order valence-electron chi connectivity index (χ1n) is 6.66. The maximum atomic E-state index is 10.9. The summed E-state index contributed by atoms with van der Waals surface area (Å²) in [6.45, 7) is 3.41. The van der Waals surface area contributed by atoms with Crippen LogP contribution in [0.3, 0.4) is 0 Å². The Balaban J connectivity index is 1.88. The SMILES string of the molecule is Cc1ccccc1CCNCc1ccccc1[N+](=O)[O-]. The number of nitro groups is 1. The van der Waals surface area contributed by atoms with Crippen LogP contribution in [0.4, 0.5) is 5.69 Å². The number of nitrogens with zero attached hydrogens (tertiary/aromatic N) is 1. The minimum Gasteiger partial charge on any atom is -0.312 e. The van der Waals surface area contributed by atoms with Gasteiger partial charge in [0.2, 0.25) is 0 Å². The minimum absolute atomic E-state index is 0.177. The van der Waals surface area contributed by atoms with Gasteiger partial charge in [0.05, 0.1) is 4.92 Å². The summed E-state index contributed by atoms with van der Waals surface area (Å²) in [6, 6.07) is 15.1. The molecule has 0 aromatic heterocycles. The summed E-state index contributed by atoms with van der Waals surface area (Å²) >= 11 is 0. The zero-order chi connectivity index (χ0) is 14.4. The maximum absolute atomic E-state index is 10.9. The van der Waals surface area contributed by atoms with Crippen molar-refractivity contribution >= 4 is 5.69 Å². The lowest BCUT2D eigenvalue weighted by atomic mass is 10.1. The van der Waals surface area contributed by atoms with E-state index < -0.39 is 0 Å². The Hall–Kier alpha value is -2.20. The van der Waals surface area contributed by atoms with E-state index >= 15 is 0 Å². The second-order valence-electron chi connectivity index (χ2n) is 4.74. The third-order valence-corrected chi connectivity index (χ3v) is 3.34. The van der Waals surface area contributed by atoms with E-state index in [4.69, 9.17) is 0 Å².